The van der Waals surface area contributed by atoms with Gasteiger partial charge in [0.2, 0.25) is 5.56 Å². The Kier molecular flexibility index (Phi) is 5.92. The summed E-state index contributed by atoms with van der Waals surface area (Å²) in [6, 6.07) is 11.2. The maximum atomic E-state index is 11.2. The van der Waals surface area contributed by atoms with Gasteiger partial charge in [-0.2, -0.15) is 0 Å². The first-order valence-corrected chi connectivity index (χ1v) is 5.84. The van der Waals surface area contributed by atoms with Gasteiger partial charge in [0.25, 0.3) is 10.2 Å². The van der Waals surface area contributed by atoms with Gasteiger partial charge in [-0.25, -0.2) is 0 Å². The summed E-state index contributed by atoms with van der Waals surface area (Å²) in [5.74, 6) is 0. The number of hydrogen-bond acceptors (Lipinski definition) is 6. The Morgan fingerprint density at radius 3 is 2.09 bits per heavy atom. The molecule has 0 saturated heterocycles. The lowest BCUT2D eigenvalue weighted by atomic mass is 10.1. The van der Waals surface area contributed by atoms with Crippen molar-refractivity contribution < 1.29 is 20.6 Å². The third-order valence-corrected chi connectivity index (χ3v) is 2.47. The van der Waals surface area contributed by atoms with Crippen LogP contribution in [-0.4, -0.2) is 30.6 Å². The molecule has 0 aliphatic carbocycles. The highest BCUT2D eigenvalue weighted by Crippen LogP contribution is 2.19. The quantitative estimate of drug-likeness (QED) is 0.316. The summed E-state index contributed by atoms with van der Waals surface area (Å²) in [6.45, 7) is 0. The van der Waals surface area contributed by atoms with Crippen LogP contribution < -0.4 is 5.56 Å². The number of hydrogen-bond donors (Lipinski definition) is 3. The van der Waals surface area contributed by atoms with Crippen molar-refractivity contribution in [1.29, 1.82) is 0 Å². The first-order chi connectivity index (χ1) is 10.8. The van der Waals surface area contributed by atoms with Crippen molar-refractivity contribution in [3.63, 3.8) is 0 Å². The minimum atomic E-state index is -1.50. The molecule has 2 heterocycles. The fourth-order valence-electron chi connectivity index (χ4n) is 1.76. The van der Waals surface area contributed by atoms with E-state index in [1.165, 1.54) is 6.07 Å². The molecule has 0 atom stereocenters. The van der Waals surface area contributed by atoms with Gasteiger partial charge in [0.1, 0.15) is 0 Å². The second kappa shape index (κ2) is 7.87. The van der Waals surface area contributed by atoms with E-state index in [9.17, 15) is 4.79 Å². The second-order valence-electron chi connectivity index (χ2n) is 3.90. The van der Waals surface area contributed by atoms with Crippen LogP contribution in [0.3, 0.4) is 0 Å². The van der Waals surface area contributed by atoms with Gasteiger partial charge in [-0.15, -0.1) is 20.2 Å². The molecule has 2 aromatic heterocycles. The van der Waals surface area contributed by atoms with Gasteiger partial charge in [-0.3, -0.25) is 9.78 Å². The van der Waals surface area contributed by atoms with E-state index in [0.29, 0.717) is 0 Å². The predicted molar refractivity (Wildman–Crippen MR) is 77.4 cm³/mol. The molecule has 3 N–H and O–H groups in total. The molecule has 0 amide bonds. The van der Waals surface area contributed by atoms with Crippen molar-refractivity contribution >= 4 is 21.8 Å². The molecule has 3 rings (SSSR count). The van der Waals surface area contributed by atoms with Gasteiger partial charge in [0, 0.05) is 23.0 Å². The highest BCUT2D eigenvalue weighted by Gasteiger charge is 2.00. The van der Waals surface area contributed by atoms with E-state index in [1.54, 1.807) is 6.20 Å². The molecule has 0 aliphatic rings. The number of pyridine rings is 2. The SMILES string of the molecule is O=[N+]([O-])O.O=[N+]([O-])O.O=c1ccc2ccc3cccnc3c2[nH]1. The third-order valence-electron chi connectivity index (χ3n) is 2.47. The van der Waals surface area contributed by atoms with Crippen molar-refractivity contribution in [1.82, 2.24) is 9.97 Å². The monoisotopic (exact) mass is 322 g/mol. The fourth-order valence-corrected chi connectivity index (χ4v) is 1.76. The van der Waals surface area contributed by atoms with E-state index < -0.39 is 10.2 Å². The van der Waals surface area contributed by atoms with Crippen LogP contribution >= 0.6 is 0 Å². The lowest BCUT2D eigenvalue weighted by molar-refractivity contribution is -0.742. The van der Waals surface area contributed by atoms with E-state index >= 15 is 0 Å². The molecule has 0 bridgehead atoms. The molecule has 0 saturated carbocycles. The number of fused-ring (bicyclic) bond motifs is 3. The summed E-state index contributed by atoms with van der Waals surface area (Å²) in [7, 11) is 0. The zero-order valence-electron chi connectivity index (χ0n) is 11.3. The normalized spacial score (nSPS) is 9.22. The number of H-pyrrole nitrogens is 1. The van der Waals surface area contributed by atoms with Crippen LogP contribution in [0.2, 0.25) is 0 Å². The summed E-state index contributed by atoms with van der Waals surface area (Å²) in [4.78, 5) is 35.1. The Hall–Kier alpha value is -3.76. The Bertz CT molecular complexity index is 873. The average Bonchev–Trinajstić information content (AvgIpc) is 2.46. The van der Waals surface area contributed by atoms with Gasteiger partial charge < -0.3 is 15.4 Å². The zero-order chi connectivity index (χ0) is 17.4. The summed E-state index contributed by atoms with van der Waals surface area (Å²) < 4.78 is 0. The molecular formula is C12H10N4O7. The van der Waals surface area contributed by atoms with Gasteiger partial charge >= 0.3 is 0 Å². The lowest BCUT2D eigenvalue weighted by Crippen LogP contribution is -2.02. The highest BCUT2D eigenvalue weighted by atomic mass is 16.9. The number of aromatic nitrogens is 2. The van der Waals surface area contributed by atoms with Crippen molar-refractivity contribution in [2.24, 2.45) is 0 Å². The topological polar surface area (TPSA) is 172 Å². The van der Waals surface area contributed by atoms with Gasteiger partial charge in [-0.05, 0) is 12.1 Å². The van der Waals surface area contributed by atoms with Gasteiger partial charge in [0.15, 0.2) is 0 Å². The van der Waals surface area contributed by atoms with E-state index in [4.69, 9.17) is 30.6 Å². The first kappa shape index (κ1) is 17.3. The number of nitrogens with zero attached hydrogens (tertiary/aromatic N) is 3. The second-order valence-corrected chi connectivity index (χ2v) is 3.90. The molecule has 11 heteroatoms. The molecule has 120 valence electrons. The number of nitrogens with one attached hydrogen (secondary N) is 1. The van der Waals surface area contributed by atoms with E-state index in [-0.39, 0.29) is 5.56 Å². The van der Waals surface area contributed by atoms with Crippen molar-refractivity contribution in [3.8, 4) is 0 Å². The van der Waals surface area contributed by atoms with Crippen molar-refractivity contribution in [3.05, 3.63) is 73.2 Å². The van der Waals surface area contributed by atoms with Crippen molar-refractivity contribution in [2.45, 2.75) is 0 Å². The molecule has 3 aromatic rings. The minimum Gasteiger partial charge on any atom is -0.328 e. The zero-order valence-corrected chi connectivity index (χ0v) is 11.3. The maximum absolute atomic E-state index is 11.2. The Labute approximate surface area is 126 Å². The van der Waals surface area contributed by atoms with Crippen molar-refractivity contribution in [2.75, 3.05) is 0 Å². The van der Waals surface area contributed by atoms with Crippen LogP contribution in [0.1, 0.15) is 0 Å². The molecule has 23 heavy (non-hydrogen) atoms. The van der Waals surface area contributed by atoms with E-state index in [1.807, 2.05) is 30.3 Å². The van der Waals surface area contributed by atoms with Crippen LogP contribution in [-0.2, 0) is 0 Å². The van der Waals surface area contributed by atoms with Crippen LogP contribution in [0, 0.1) is 20.2 Å². The predicted octanol–water partition coefficient (Wildman–Crippen LogP) is 1.38. The summed E-state index contributed by atoms with van der Waals surface area (Å²) in [5.41, 5.74) is 1.55. The first-order valence-electron chi connectivity index (χ1n) is 5.84. The summed E-state index contributed by atoms with van der Waals surface area (Å²) in [6.07, 6.45) is 1.73. The largest absolute Gasteiger partial charge is 0.328 e. The van der Waals surface area contributed by atoms with E-state index in [2.05, 4.69) is 9.97 Å². The van der Waals surface area contributed by atoms with Gasteiger partial charge in [0.05, 0.1) is 11.0 Å². The fraction of sp³-hybridized carbons (Fsp3) is 0. The summed E-state index contributed by atoms with van der Waals surface area (Å²) >= 11 is 0. The molecule has 0 radical (unpaired) electrons. The third kappa shape index (κ3) is 5.63. The number of benzene rings is 1. The van der Waals surface area contributed by atoms with Crippen LogP contribution in [0.4, 0.5) is 0 Å². The molecule has 0 spiro atoms. The number of rotatable bonds is 0. The summed E-state index contributed by atoms with van der Waals surface area (Å²) in [5, 5.41) is 29.3. The highest BCUT2D eigenvalue weighted by molar-refractivity contribution is 6.02. The molecular weight excluding hydrogens is 312 g/mol. The smallest absolute Gasteiger partial charge is 0.291 e. The van der Waals surface area contributed by atoms with Crippen LogP contribution in [0.5, 0.6) is 0 Å². The molecule has 11 nitrogen and oxygen atoms in total. The average molecular weight is 322 g/mol. The molecule has 1 aromatic carbocycles. The van der Waals surface area contributed by atoms with E-state index in [0.717, 1.165) is 21.8 Å². The number of aromatic amines is 1. The van der Waals surface area contributed by atoms with Crippen LogP contribution in [0.25, 0.3) is 21.8 Å². The lowest BCUT2D eigenvalue weighted by Gasteiger charge is -2.01. The molecule has 0 unspecified atom stereocenters. The maximum Gasteiger partial charge on any atom is 0.291 e. The minimum absolute atomic E-state index is 0.0966. The Balaban J connectivity index is 0.000000281. The molecule has 0 aliphatic heterocycles. The Morgan fingerprint density at radius 1 is 0.957 bits per heavy atom. The van der Waals surface area contributed by atoms with Gasteiger partial charge in [-0.1, -0.05) is 18.2 Å². The molecule has 0 fully saturated rings. The Morgan fingerprint density at radius 2 is 1.48 bits per heavy atom. The van der Waals surface area contributed by atoms with Crippen LogP contribution in [0.15, 0.2) is 47.4 Å². The standard InChI is InChI=1S/C12H8N2O.2HNO3/c15-10-6-5-9-4-3-8-2-1-7-13-11(8)12(9)14-10;2*2-1(3)4/h1-7H,(H,14,15);2*(H,2,3,4).